The second kappa shape index (κ2) is 8.86. The average Bonchev–Trinajstić information content (AvgIpc) is 2.70. The highest BCUT2D eigenvalue weighted by atomic mass is 32.2. The molecule has 0 aromatic heterocycles. The summed E-state index contributed by atoms with van der Waals surface area (Å²) in [5.41, 5.74) is 2.28. The number of Topliss-reactive ketones (excluding diaryl/α,β-unsaturated/α-hetero) is 1. The predicted octanol–water partition coefficient (Wildman–Crippen LogP) is 0.726. The lowest BCUT2D eigenvalue weighted by atomic mass is 10.2. The number of aryl methyl sites for hydroxylation is 1. The van der Waals surface area contributed by atoms with Crippen LogP contribution in [0.5, 0.6) is 0 Å². The van der Waals surface area contributed by atoms with Gasteiger partial charge in [0.25, 0.3) is 5.91 Å². The van der Waals surface area contributed by atoms with E-state index in [0.29, 0.717) is 38.3 Å². The van der Waals surface area contributed by atoms with Crippen LogP contribution < -0.4 is 10.2 Å². The van der Waals surface area contributed by atoms with Gasteiger partial charge in [-0.05, 0) is 37.6 Å². The lowest BCUT2D eigenvalue weighted by Gasteiger charge is -2.31. The molecule has 1 saturated heterocycles. The molecule has 1 amide bonds. The maximum atomic E-state index is 12.8. The second-order valence-electron chi connectivity index (χ2n) is 7.27. The molecule has 2 aromatic carbocycles. The van der Waals surface area contributed by atoms with Gasteiger partial charge in [0.1, 0.15) is 0 Å². The monoisotopic (exact) mass is 416 g/mol. The van der Waals surface area contributed by atoms with E-state index in [4.69, 9.17) is 0 Å². The first-order chi connectivity index (χ1) is 13.8. The Kier molecular flexibility index (Phi) is 6.46. The van der Waals surface area contributed by atoms with Crippen molar-refractivity contribution in [3.8, 4) is 0 Å². The third-order valence-corrected chi connectivity index (χ3v) is 7.07. The Labute approximate surface area is 171 Å². The first-order valence-electron chi connectivity index (χ1n) is 9.57. The molecule has 0 spiro atoms. The Morgan fingerprint density at radius 3 is 2.24 bits per heavy atom. The summed E-state index contributed by atoms with van der Waals surface area (Å²) in [5.74, 6) is -0.180. The summed E-state index contributed by atoms with van der Waals surface area (Å²) in [7, 11) is -3.60. The van der Waals surface area contributed by atoms with Crippen LogP contribution in [0.25, 0.3) is 0 Å². The number of amides is 1. The van der Waals surface area contributed by atoms with Crippen LogP contribution in [0, 0.1) is 6.92 Å². The van der Waals surface area contributed by atoms with Crippen molar-refractivity contribution < 1.29 is 22.9 Å². The van der Waals surface area contributed by atoms with Crippen molar-refractivity contribution in [2.45, 2.75) is 18.7 Å². The van der Waals surface area contributed by atoms with Crippen molar-refractivity contribution in [3.05, 3.63) is 59.7 Å². The normalized spacial score (nSPS) is 15.8. The van der Waals surface area contributed by atoms with Gasteiger partial charge < -0.3 is 10.2 Å². The van der Waals surface area contributed by atoms with E-state index in [0.717, 1.165) is 16.2 Å². The minimum Gasteiger partial charge on any atom is -0.325 e. The van der Waals surface area contributed by atoms with E-state index in [1.54, 1.807) is 0 Å². The maximum absolute atomic E-state index is 12.8. The number of ketones is 1. The van der Waals surface area contributed by atoms with Crippen molar-refractivity contribution in [1.82, 2.24) is 4.31 Å². The fourth-order valence-corrected chi connectivity index (χ4v) is 4.81. The zero-order valence-electron chi connectivity index (χ0n) is 16.6. The van der Waals surface area contributed by atoms with Crippen molar-refractivity contribution in [1.29, 1.82) is 0 Å². The zero-order chi connectivity index (χ0) is 21.0. The van der Waals surface area contributed by atoms with Crippen LogP contribution in [-0.2, 0) is 14.8 Å². The third-order valence-electron chi connectivity index (χ3n) is 5.16. The summed E-state index contributed by atoms with van der Waals surface area (Å²) in [6.07, 6.45) is 0. The van der Waals surface area contributed by atoms with Gasteiger partial charge in [0, 0.05) is 11.3 Å². The highest BCUT2D eigenvalue weighted by Crippen LogP contribution is 2.17. The Bertz CT molecular complexity index is 995. The molecule has 1 heterocycles. The molecule has 0 radical (unpaired) electrons. The largest absolute Gasteiger partial charge is 0.325 e. The summed E-state index contributed by atoms with van der Waals surface area (Å²) in [6.45, 7) is 5.51. The summed E-state index contributed by atoms with van der Waals surface area (Å²) in [4.78, 5) is 24.9. The van der Waals surface area contributed by atoms with E-state index in [1.807, 2.05) is 31.2 Å². The number of anilines is 1. The number of piperazine rings is 1. The Balaban J connectivity index is 1.56. The lowest BCUT2D eigenvalue weighted by molar-refractivity contribution is -0.895. The van der Waals surface area contributed by atoms with E-state index in [2.05, 4.69) is 5.32 Å². The Hall–Kier alpha value is -2.55. The number of carbonyl (C=O) groups excluding carboxylic acids is 2. The molecule has 0 saturated carbocycles. The van der Waals surface area contributed by atoms with Crippen LogP contribution in [0.3, 0.4) is 0 Å². The number of hydrogen-bond acceptors (Lipinski definition) is 4. The Morgan fingerprint density at radius 1 is 1.03 bits per heavy atom. The molecule has 2 aromatic rings. The topological polar surface area (TPSA) is 88.0 Å². The van der Waals surface area contributed by atoms with E-state index < -0.39 is 10.0 Å². The summed E-state index contributed by atoms with van der Waals surface area (Å²) < 4.78 is 27.1. The number of carbonyl (C=O) groups is 2. The molecule has 154 valence electrons. The molecule has 1 aliphatic heterocycles. The van der Waals surface area contributed by atoms with Crippen molar-refractivity contribution in [2.24, 2.45) is 0 Å². The first kappa shape index (κ1) is 21.2. The van der Waals surface area contributed by atoms with Gasteiger partial charge in [-0.25, -0.2) is 8.42 Å². The standard InChI is InChI=1S/C21H25N3O4S/c1-16-5-3-4-6-20(16)22-21(26)15-23-11-13-24(14-12-23)29(27,28)19-9-7-18(8-10-19)17(2)25/h3-10H,11-15H2,1-2H3,(H,22,26)/p+1. The van der Waals surface area contributed by atoms with Crippen molar-refractivity contribution in [2.75, 3.05) is 38.0 Å². The number of benzene rings is 2. The van der Waals surface area contributed by atoms with Gasteiger partial charge in [-0.1, -0.05) is 30.3 Å². The third kappa shape index (κ3) is 5.09. The minimum atomic E-state index is -3.60. The number of sulfonamides is 1. The number of hydrogen-bond donors (Lipinski definition) is 2. The highest BCUT2D eigenvalue weighted by molar-refractivity contribution is 7.89. The van der Waals surface area contributed by atoms with Gasteiger partial charge in [-0.2, -0.15) is 4.31 Å². The van der Waals surface area contributed by atoms with Crippen LogP contribution in [0.4, 0.5) is 5.69 Å². The van der Waals surface area contributed by atoms with E-state index in [9.17, 15) is 18.0 Å². The molecule has 1 fully saturated rings. The molecule has 29 heavy (non-hydrogen) atoms. The van der Waals surface area contributed by atoms with Gasteiger partial charge in [-0.3, -0.25) is 9.59 Å². The number of nitrogens with zero attached hydrogens (tertiary/aromatic N) is 1. The summed E-state index contributed by atoms with van der Waals surface area (Å²) in [6, 6.07) is 13.6. The molecule has 0 aliphatic carbocycles. The van der Waals surface area contributed by atoms with Gasteiger partial charge in [0.05, 0.1) is 31.1 Å². The number of nitrogens with one attached hydrogen (secondary N) is 2. The van der Waals surface area contributed by atoms with Crippen LogP contribution in [0.2, 0.25) is 0 Å². The molecule has 0 bridgehead atoms. The average molecular weight is 417 g/mol. The lowest BCUT2D eigenvalue weighted by Crippen LogP contribution is -3.15. The van der Waals surface area contributed by atoms with Crippen molar-refractivity contribution in [3.63, 3.8) is 0 Å². The van der Waals surface area contributed by atoms with Gasteiger partial charge in [-0.15, -0.1) is 0 Å². The number of para-hydroxylation sites is 1. The molecule has 0 unspecified atom stereocenters. The molecule has 1 aliphatic rings. The van der Waals surface area contributed by atoms with Gasteiger partial charge in [0.2, 0.25) is 10.0 Å². The first-order valence-corrected chi connectivity index (χ1v) is 11.0. The minimum absolute atomic E-state index is 0.0783. The highest BCUT2D eigenvalue weighted by Gasteiger charge is 2.31. The SMILES string of the molecule is CC(=O)c1ccc(S(=O)(=O)N2CC[NH+](CC(=O)Nc3ccccc3C)CC2)cc1. The Morgan fingerprint density at radius 2 is 1.66 bits per heavy atom. The number of rotatable bonds is 6. The van der Waals surface area contributed by atoms with Gasteiger partial charge in [0.15, 0.2) is 12.3 Å². The summed E-state index contributed by atoms with van der Waals surface area (Å²) >= 11 is 0. The molecule has 2 N–H and O–H groups in total. The summed E-state index contributed by atoms with van der Waals surface area (Å²) in [5, 5.41) is 2.92. The predicted molar refractivity (Wildman–Crippen MR) is 111 cm³/mol. The van der Waals surface area contributed by atoms with Gasteiger partial charge >= 0.3 is 0 Å². The van der Waals surface area contributed by atoms with E-state index in [-0.39, 0.29) is 16.6 Å². The van der Waals surface area contributed by atoms with Crippen LogP contribution in [-0.4, -0.2) is 57.1 Å². The molecule has 7 nitrogen and oxygen atoms in total. The smallest absolute Gasteiger partial charge is 0.279 e. The van der Waals surface area contributed by atoms with E-state index in [1.165, 1.54) is 35.5 Å². The van der Waals surface area contributed by atoms with Crippen LogP contribution in [0.1, 0.15) is 22.8 Å². The van der Waals surface area contributed by atoms with Crippen LogP contribution >= 0.6 is 0 Å². The van der Waals surface area contributed by atoms with Crippen molar-refractivity contribution >= 4 is 27.4 Å². The molecular formula is C21H26N3O4S+. The second-order valence-corrected chi connectivity index (χ2v) is 9.21. The van der Waals surface area contributed by atoms with Crippen LogP contribution in [0.15, 0.2) is 53.4 Å². The molecule has 0 atom stereocenters. The molecule has 8 heteroatoms. The number of quaternary nitrogens is 1. The quantitative estimate of drug-likeness (QED) is 0.680. The van der Waals surface area contributed by atoms with E-state index >= 15 is 0 Å². The zero-order valence-corrected chi connectivity index (χ0v) is 17.5. The fourth-order valence-electron chi connectivity index (χ4n) is 3.36. The maximum Gasteiger partial charge on any atom is 0.279 e. The molecular weight excluding hydrogens is 390 g/mol. The fraction of sp³-hybridized carbons (Fsp3) is 0.333. The molecule has 3 rings (SSSR count).